The van der Waals surface area contributed by atoms with E-state index in [4.69, 9.17) is 9.47 Å². The maximum absolute atomic E-state index is 11.6. The minimum absolute atomic E-state index is 0.119. The summed E-state index contributed by atoms with van der Waals surface area (Å²) in [6.45, 7) is 1.56. The number of carbonyl (C=O) groups is 2. The molecule has 0 radical (unpaired) electrons. The summed E-state index contributed by atoms with van der Waals surface area (Å²) in [4.78, 5) is 23.1. The number of ether oxygens (including phenoxy) is 2. The van der Waals surface area contributed by atoms with E-state index in [9.17, 15) is 9.59 Å². The van der Waals surface area contributed by atoms with Gasteiger partial charge in [-0.3, -0.25) is 4.79 Å². The van der Waals surface area contributed by atoms with Crippen molar-refractivity contribution in [2.24, 2.45) is 0 Å². The molecule has 2 rings (SSSR count). The lowest BCUT2D eigenvalue weighted by molar-refractivity contribution is -0.129. The molecule has 21 heavy (non-hydrogen) atoms. The van der Waals surface area contributed by atoms with Crippen LogP contribution in [-0.4, -0.2) is 37.8 Å². The zero-order valence-electron chi connectivity index (χ0n) is 11.8. The van der Waals surface area contributed by atoms with Crippen molar-refractivity contribution in [1.29, 1.82) is 0 Å². The Morgan fingerprint density at radius 2 is 1.95 bits per heavy atom. The fourth-order valence-electron chi connectivity index (χ4n) is 2.02. The van der Waals surface area contributed by atoms with E-state index in [1.807, 2.05) is 30.3 Å². The lowest BCUT2D eigenvalue weighted by Crippen LogP contribution is -2.39. The van der Waals surface area contributed by atoms with Crippen molar-refractivity contribution in [2.75, 3.05) is 19.7 Å². The van der Waals surface area contributed by atoms with E-state index >= 15 is 0 Å². The molecule has 1 heterocycles. The van der Waals surface area contributed by atoms with Gasteiger partial charge in [0, 0.05) is 19.7 Å². The molecule has 2 N–H and O–H groups in total. The normalized spacial score (nSPS) is 17.2. The van der Waals surface area contributed by atoms with E-state index in [1.54, 1.807) is 0 Å². The quantitative estimate of drug-likeness (QED) is 0.773. The number of hydrogen-bond acceptors (Lipinski definition) is 4. The monoisotopic (exact) mass is 292 g/mol. The maximum Gasteiger partial charge on any atom is 0.407 e. The predicted molar refractivity (Wildman–Crippen MR) is 76.6 cm³/mol. The Kier molecular flexibility index (Phi) is 6.02. The van der Waals surface area contributed by atoms with Crippen LogP contribution in [0.15, 0.2) is 30.3 Å². The van der Waals surface area contributed by atoms with Gasteiger partial charge in [-0.1, -0.05) is 30.3 Å². The molecule has 0 aromatic heterocycles. The molecule has 114 valence electrons. The largest absolute Gasteiger partial charge is 0.445 e. The fraction of sp³-hybridized carbons (Fsp3) is 0.467. The van der Waals surface area contributed by atoms with Gasteiger partial charge in [0.1, 0.15) is 12.7 Å². The zero-order valence-corrected chi connectivity index (χ0v) is 11.8. The van der Waals surface area contributed by atoms with Crippen molar-refractivity contribution >= 4 is 12.0 Å². The van der Waals surface area contributed by atoms with Crippen molar-refractivity contribution < 1.29 is 19.1 Å². The molecule has 1 aromatic rings. The SMILES string of the molecule is O=C(NCCNC(=O)C1CCCO1)OCc1ccccc1. The number of hydrogen-bond donors (Lipinski definition) is 2. The van der Waals surface area contributed by atoms with Crippen LogP contribution in [0.3, 0.4) is 0 Å². The Hall–Kier alpha value is -2.08. The Morgan fingerprint density at radius 1 is 1.19 bits per heavy atom. The molecule has 0 saturated carbocycles. The van der Waals surface area contributed by atoms with E-state index in [0.29, 0.717) is 19.7 Å². The molecule has 1 aliphatic rings. The van der Waals surface area contributed by atoms with Gasteiger partial charge in [-0.25, -0.2) is 4.79 Å². The van der Waals surface area contributed by atoms with Crippen LogP contribution < -0.4 is 10.6 Å². The summed E-state index contributed by atoms with van der Waals surface area (Å²) >= 11 is 0. The highest BCUT2D eigenvalue weighted by Gasteiger charge is 2.22. The lowest BCUT2D eigenvalue weighted by atomic mass is 10.2. The van der Waals surface area contributed by atoms with Crippen LogP contribution in [0.25, 0.3) is 0 Å². The highest BCUT2D eigenvalue weighted by Crippen LogP contribution is 2.11. The van der Waals surface area contributed by atoms with Crippen LogP contribution >= 0.6 is 0 Å². The summed E-state index contributed by atoms with van der Waals surface area (Å²) in [5.74, 6) is -0.119. The van der Waals surface area contributed by atoms with Gasteiger partial charge in [0.15, 0.2) is 0 Å². The number of carbonyl (C=O) groups excluding carboxylic acids is 2. The van der Waals surface area contributed by atoms with Crippen LogP contribution in [0, 0.1) is 0 Å². The first-order valence-corrected chi connectivity index (χ1v) is 7.09. The van der Waals surface area contributed by atoms with Gasteiger partial charge < -0.3 is 20.1 Å². The van der Waals surface area contributed by atoms with Crippen molar-refractivity contribution in [1.82, 2.24) is 10.6 Å². The molecule has 1 saturated heterocycles. The number of alkyl carbamates (subject to hydrolysis) is 1. The summed E-state index contributed by atoms with van der Waals surface area (Å²) in [5, 5.41) is 5.30. The summed E-state index contributed by atoms with van der Waals surface area (Å²) in [6, 6.07) is 9.44. The third-order valence-corrected chi connectivity index (χ3v) is 3.13. The minimum atomic E-state index is -0.495. The van der Waals surface area contributed by atoms with Gasteiger partial charge in [-0.2, -0.15) is 0 Å². The van der Waals surface area contributed by atoms with Crippen molar-refractivity contribution in [3.8, 4) is 0 Å². The van der Waals surface area contributed by atoms with Crippen molar-refractivity contribution in [2.45, 2.75) is 25.6 Å². The molecule has 0 aliphatic carbocycles. The highest BCUT2D eigenvalue weighted by molar-refractivity contribution is 5.81. The molecule has 1 atom stereocenters. The third kappa shape index (κ3) is 5.43. The molecule has 0 spiro atoms. The average molecular weight is 292 g/mol. The smallest absolute Gasteiger partial charge is 0.407 e. The summed E-state index contributed by atoms with van der Waals surface area (Å²) < 4.78 is 10.3. The highest BCUT2D eigenvalue weighted by atomic mass is 16.5. The number of amides is 2. The van der Waals surface area contributed by atoms with Crippen LogP contribution in [0.5, 0.6) is 0 Å². The lowest BCUT2D eigenvalue weighted by Gasteiger charge is -2.11. The molecule has 6 nitrogen and oxygen atoms in total. The van der Waals surface area contributed by atoms with Crippen molar-refractivity contribution in [3.63, 3.8) is 0 Å². The summed E-state index contributed by atoms with van der Waals surface area (Å²) in [7, 11) is 0. The molecule has 1 unspecified atom stereocenters. The summed E-state index contributed by atoms with van der Waals surface area (Å²) in [5.41, 5.74) is 0.930. The second kappa shape index (κ2) is 8.26. The predicted octanol–water partition coefficient (Wildman–Crippen LogP) is 1.21. The van der Waals surface area contributed by atoms with Gasteiger partial charge in [0.25, 0.3) is 0 Å². The van der Waals surface area contributed by atoms with Gasteiger partial charge in [0.2, 0.25) is 5.91 Å². The Bertz CT molecular complexity index is 458. The molecule has 1 aromatic carbocycles. The third-order valence-electron chi connectivity index (χ3n) is 3.13. The van der Waals surface area contributed by atoms with Crippen LogP contribution in [0.2, 0.25) is 0 Å². The molecule has 0 bridgehead atoms. The summed E-state index contributed by atoms with van der Waals surface area (Å²) in [6.07, 6.45) is 0.848. The number of rotatable bonds is 6. The van der Waals surface area contributed by atoms with Gasteiger partial charge in [0.05, 0.1) is 0 Å². The molecule has 1 fully saturated rings. The molecule has 6 heteroatoms. The van der Waals surface area contributed by atoms with E-state index < -0.39 is 6.09 Å². The van der Waals surface area contributed by atoms with Gasteiger partial charge >= 0.3 is 6.09 Å². The Morgan fingerprint density at radius 3 is 2.67 bits per heavy atom. The second-order valence-electron chi connectivity index (χ2n) is 4.78. The molecular weight excluding hydrogens is 272 g/mol. The minimum Gasteiger partial charge on any atom is -0.445 e. The molecule has 2 amide bonds. The second-order valence-corrected chi connectivity index (χ2v) is 4.78. The Labute approximate surface area is 123 Å². The Balaban J connectivity index is 1.54. The van der Waals surface area contributed by atoms with Crippen LogP contribution in [-0.2, 0) is 20.9 Å². The first-order valence-electron chi connectivity index (χ1n) is 7.09. The van der Waals surface area contributed by atoms with Gasteiger partial charge in [-0.15, -0.1) is 0 Å². The first kappa shape index (κ1) is 15.3. The van der Waals surface area contributed by atoms with E-state index in [0.717, 1.165) is 18.4 Å². The standard InChI is InChI=1S/C15H20N2O4/c18-14(13-7-4-10-20-13)16-8-9-17-15(19)21-11-12-5-2-1-3-6-12/h1-3,5-6,13H,4,7-11H2,(H,16,18)(H,17,19). The average Bonchev–Trinajstić information content (AvgIpc) is 3.05. The topological polar surface area (TPSA) is 76.7 Å². The van der Waals surface area contributed by atoms with E-state index in [2.05, 4.69) is 10.6 Å². The zero-order chi connectivity index (χ0) is 14.9. The number of benzene rings is 1. The van der Waals surface area contributed by atoms with Crippen molar-refractivity contribution in [3.05, 3.63) is 35.9 Å². The van der Waals surface area contributed by atoms with E-state index in [1.165, 1.54) is 0 Å². The molecule has 1 aliphatic heterocycles. The maximum atomic E-state index is 11.6. The van der Waals surface area contributed by atoms with E-state index in [-0.39, 0.29) is 18.6 Å². The molecular formula is C15H20N2O4. The fourth-order valence-corrected chi connectivity index (χ4v) is 2.02. The van der Waals surface area contributed by atoms with Gasteiger partial charge in [-0.05, 0) is 18.4 Å². The van der Waals surface area contributed by atoms with Crippen LogP contribution in [0.1, 0.15) is 18.4 Å². The van der Waals surface area contributed by atoms with Crippen LogP contribution in [0.4, 0.5) is 4.79 Å². The first-order chi connectivity index (χ1) is 10.3. The number of nitrogens with one attached hydrogen (secondary N) is 2.